The zero-order valence-corrected chi connectivity index (χ0v) is 17.8. The molecule has 2 N–H and O–H groups in total. The molecule has 0 fully saturated rings. The molecule has 0 radical (unpaired) electrons. The van der Waals surface area contributed by atoms with E-state index in [9.17, 15) is 9.59 Å². The number of amides is 2. The Hall–Kier alpha value is -1.10. The Balaban J connectivity index is 0. The smallest absolute Gasteiger partial charge is 0.242 e. The van der Waals surface area contributed by atoms with Crippen molar-refractivity contribution in [1.82, 2.24) is 20.4 Å². The molecule has 0 saturated carbocycles. The fourth-order valence-electron chi connectivity index (χ4n) is 1.92. The molecule has 0 heterocycles. The Morgan fingerprint density at radius 3 is 2.25 bits per heavy atom. The van der Waals surface area contributed by atoms with Gasteiger partial charge in [-0.2, -0.15) is 0 Å². The summed E-state index contributed by atoms with van der Waals surface area (Å²) in [5.74, 6) is 0.392. The number of hydrogen-bond acceptors (Lipinski definition) is 4. The first kappa shape index (κ1) is 25.1. The lowest BCUT2D eigenvalue weighted by atomic mass is 10.4. The minimum Gasteiger partial charge on any atom is -0.383 e. The molecule has 142 valence electrons. The number of carbonyl (C=O) groups excluding carboxylic acids is 2. The lowest BCUT2D eigenvalue weighted by Gasteiger charge is -2.25. The average Bonchev–Trinajstić information content (AvgIpc) is 2.52. The molecule has 0 aromatic rings. The molecule has 0 aromatic carbocycles. The maximum absolute atomic E-state index is 12.1. The summed E-state index contributed by atoms with van der Waals surface area (Å²) in [6.07, 6.45) is 0. The van der Waals surface area contributed by atoms with E-state index in [2.05, 4.69) is 15.6 Å². The van der Waals surface area contributed by atoms with Crippen LogP contribution in [0, 0.1) is 0 Å². The SMILES string of the molecule is CCNC(=NCC(=O)NCCOC)N(C)CC(=O)N(CC)CC.I. The molecule has 0 aliphatic heterocycles. The van der Waals surface area contributed by atoms with Crippen LogP contribution in [0.15, 0.2) is 4.99 Å². The summed E-state index contributed by atoms with van der Waals surface area (Å²) in [5, 5.41) is 5.79. The molecule has 0 bridgehead atoms. The van der Waals surface area contributed by atoms with Gasteiger partial charge >= 0.3 is 0 Å². The molecule has 0 unspecified atom stereocenters. The number of carbonyl (C=O) groups is 2. The summed E-state index contributed by atoms with van der Waals surface area (Å²) in [6.45, 7) is 9.01. The third-order valence-electron chi connectivity index (χ3n) is 3.19. The van der Waals surface area contributed by atoms with Crippen molar-refractivity contribution >= 4 is 41.8 Å². The van der Waals surface area contributed by atoms with Crippen LogP contribution in [0.2, 0.25) is 0 Å². The van der Waals surface area contributed by atoms with E-state index in [1.165, 1.54) is 0 Å². The van der Waals surface area contributed by atoms with Crippen LogP contribution in [0.1, 0.15) is 20.8 Å². The Morgan fingerprint density at radius 2 is 1.75 bits per heavy atom. The second-order valence-electron chi connectivity index (χ2n) is 4.94. The van der Waals surface area contributed by atoms with Gasteiger partial charge in [0.15, 0.2) is 5.96 Å². The lowest BCUT2D eigenvalue weighted by Crippen LogP contribution is -2.46. The van der Waals surface area contributed by atoms with Gasteiger partial charge in [-0.15, -0.1) is 24.0 Å². The van der Waals surface area contributed by atoms with Crippen LogP contribution in [0.4, 0.5) is 0 Å². The van der Waals surface area contributed by atoms with Gasteiger partial charge < -0.3 is 25.2 Å². The quantitative estimate of drug-likeness (QED) is 0.211. The predicted octanol–water partition coefficient (Wildman–Crippen LogP) is 0.133. The van der Waals surface area contributed by atoms with Crippen molar-refractivity contribution in [2.24, 2.45) is 4.99 Å². The summed E-state index contributed by atoms with van der Waals surface area (Å²) in [7, 11) is 3.36. The lowest BCUT2D eigenvalue weighted by molar-refractivity contribution is -0.131. The summed E-state index contributed by atoms with van der Waals surface area (Å²) in [5.41, 5.74) is 0. The van der Waals surface area contributed by atoms with E-state index in [4.69, 9.17) is 4.74 Å². The van der Waals surface area contributed by atoms with Crippen LogP contribution in [0.25, 0.3) is 0 Å². The Bertz CT molecular complexity index is 389. The van der Waals surface area contributed by atoms with Gasteiger partial charge in [0.1, 0.15) is 6.54 Å². The van der Waals surface area contributed by atoms with Gasteiger partial charge in [0.05, 0.1) is 13.2 Å². The molecule has 0 spiro atoms. The second kappa shape index (κ2) is 15.4. The van der Waals surface area contributed by atoms with Crippen LogP contribution in [-0.2, 0) is 14.3 Å². The monoisotopic (exact) mass is 457 g/mol. The Morgan fingerprint density at radius 1 is 1.12 bits per heavy atom. The summed E-state index contributed by atoms with van der Waals surface area (Å²) < 4.78 is 4.87. The number of methoxy groups -OCH3 is 1. The zero-order valence-electron chi connectivity index (χ0n) is 15.4. The number of guanidine groups is 1. The maximum Gasteiger partial charge on any atom is 0.242 e. The van der Waals surface area contributed by atoms with E-state index in [0.29, 0.717) is 38.7 Å². The summed E-state index contributed by atoms with van der Waals surface area (Å²) in [6, 6.07) is 0. The van der Waals surface area contributed by atoms with Crippen LogP contribution in [0.5, 0.6) is 0 Å². The van der Waals surface area contributed by atoms with E-state index >= 15 is 0 Å². The van der Waals surface area contributed by atoms with Crippen molar-refractivity contribution in [3.05, 3.63) is 0 Å². The van der Waals surface area contributed by atoms with Crippen molar-refractivity contribution in [3.8, 4) is 0 Å². The van der Waals surface area contributed by atoms with Gasteiger partial charge in [0, 0.05) is 40.3 Å². The summed E-state index contributed by atoms with van der Waals surface area (Å²) in [4.78, 5) is 31.6. The molecule has 0 aliphatic rings. The molecular weight excluding hydrogens is 425 g/mol. The predicted molar refractivity (Wildman–Crippen MR) is 107 cm³/mol. The topological polar surface area (TPSA) is 86.3 Å². The molecule has 24 heavy (non-hydrogen) atoms. The van der Waals surface area contributed by atoms with Crippen LogP contribution in [-0.4, -0.2) is 87.6 Å². The number of ether oxygens (including phenoxy) is 1. The minimum atomic E-state index is -0.180. The van der Waals surface area contributed by atoms with Crippen molar-refractivity contribution in [1.29, 1.82) is 0 Å². The van der Waals surface area contributed by atoms with E-state index in [0.717, 1.165) is 0 Å². The van der Waals surface area contributed by atoms with Gasteiger partial charge in [-0.1, -0.05) is 0 Å². The third kappa shape index (κ3) is 10.6. The van der Waals surface area contributed by atoms with Crippen LogP contribution in [0.3, 0.4) is 0 Å². The largest absolute Gasteiger partial charge is 0.383 e. The van der Waals surface area contributed by atoms with Crippen LogP contribution < -0.4 is 10.6 Å². The molecule has 0 rings (SSSR count). The fraction of sp³-hybridized carbons (Fsp3) is 0.800. The van der Waals surface area contributed by atoms with Gasteiger partial charge in [0.2, 0.25) is 11.8 Å². The first-order valence-electron chi connectivity index (χ1n) is 8.02. The van der Waals surface area contributed by atoms with Crippen LogP contribution >= 0.6 is 24.0 Å². The summed E-state index contributed by atoms with van der Waals surface area (Å²) >= 11 is 0. The number of nitrogens with one attached hydrogen (secondary N) is 2. The van der Waals surface area contributed by atoms with Crippen molar-refractivity contribution < 1.29 is 14.3 Å². The van der Waals surface area contributed by atoms with Crippen molar-refractivity contribution in [2.75, 3.05) is 60.0 Å². The van der Waals surface area contributed by atoms with Crippen molar-refractivity contribution in [3.63, 3.8) is 0 Å². The van der Waals surface area contributed by atoms with Gasteiger partial charge in [-0.05, 0) is 20.8 Å². The Kier molecular flexibility index (Phi) is 16.2. The van der Waals surface area contributed by atoms with Gasteiger partial charge in [0.25, 0.3) is 0 Å². The third-order valence-corrected chi connectivity index (χ3v) is 3.19. The molecule has 0 aromatic heterocycles. The van der Waals surface area contributed by atoms with E-state index in [1.54, 1.807) is 24.0 Å². The number of nitrogens with zero attached hydrogens (tertiary/aromatic N) is 3. The van der Waals surface area contributed by atoms with Gasteiger partial charge in [-0.3, -0.25) is 9.59 Å². The van der Waals surface area contributed by atoms with Gasteiger partial charge in [-0.25, -0.2) is 4.99 Å². The highest BCUT2D eigenvalue weighted by molar-refractivity contribution is 14.0. The molecule has 9 heteroatoms. The fourth-order valence-corrected chi connectivity index (χ4v) is 1.92. The second-order valence-corrected chi connectivity index (χ2v) is 4.94. The molecule has 0 saturated heterocycles. The highest BCUT2D eigenvalue weighted by Crippen LogP contribution is 1.94. The molecule has 0 aliphatic carbocycles. The van der Waals surface area contributed by atoms with E-state index < -0.39 is 0 Å². The average molecular weight is 457 g/mol. The highest BCUT2D eigenvalue weighted by atomic mass is 127. The zero-order chi connectivity index (χ0) is 17.7. The van der Waals surface area contributed by atoms with E-state index in [-0.39, 0.29) is 48.9 Å². The standard InChI is InChI=1S/C15H31N5O3.HI/c1-6-16-15(18-11-13(21)17-9-10-23-5)19(4)12-14(22)20(7-2)8-3;/h6-12H2,1-5H3,(H,16,18)(H,17,21);1H. The molecule has 8 nitrogen and oxygen atoms in total. The molecular formula is C15H32IN5O3. The number of rotatable bonds is 10. The first-order chi connectivity index (χ1) is 11.0. The number of likely N-dealkylation sites (N-methyl/N-ethyl adjacent to an activating group) is 2. The van der Waals surface area contributed by atoms with E-state index in [1.807, 2.05) is 20.8 Å². The maximum atomic E-state index is 12.1. The highest BCUT2D eigenvalue weighted by Gasteiger charge is 2.15. The first-order valence-corrected chi connectivity index (χ1v) is 8.02. The molecule has 2 amide bonds. The normalized spacial score (nSPS) is 10.6. The Labute approximate surface area is 162 Å². The van der Waals surface area contributed by atoms with Crippen molar-refractivity contribution in [2.45, 2.75) is 20.8 Å². The minimum absolute atomic E-state index is 0. The number of aliphatic imine (C=N–C) groups is 1. The number of hydrogen-bond donors (Lipinski definition) is 2. The number of halogens is 1. The molecule has 0 atom stereocenters.